The molecule has 1 heterocycles. The zero-order valence-electron chi connectivity index (χ0n) is 13.6. The molecule has 0 aliphatic heterocycles. The number of hydrogen-bond donors (Lipinski definition) is 5. The Labute approximate surface area is 150 Å². The van der Waals surface area contributed by atoms with E-state index in [0.717, 1.165) is 0 Å². The van der Waals surface area contributed by atoms with Crippen molar-refractivity contribution in [3.8, 4) is 0 Å². The molecule has 2 atom stereocenters. The third-order valence-corrected chi connectivity index (χ3v) is 4.04. The van der Waals surface area contributed by atoms with Gasteiger partial charge in [0.25, 0.3) is 0 Å². The maximum Gasteiger partial charge on any atom is 0.240 e. The molecule has 1 aromatic heterocycles. The lowest BCUT2D eigenvalue weighted by Crippen LogP contribution is -2.46. The summed E-state index contributed by atoms with van der Waals surface area (Å²) in [4.78, 5) is 39.1. The predicted octanol–water partition coefficient (Wildman–Crippen LogP) is 0.0462. The first-order valence-electron chi connectivity index (χ1n) is 7.43. The third-order valence-electron chi connectivity index (χ3n) is 3.00. The minimum absolute atomic E-state index is 0.0592. The molecule has 2 unspecified atom stereocenters. The van der Waals surface area contributed by atoms with E-state index in [4.69, 9.17) is 11.5 Å². The fourth-order valence-electron chi connectivity index (χ4n) is 2.00. The first-order valence-corrected chi connectivity index (χ1v) is 8.83. The highest BCUT2D eigenvalue weighted by molar-refractivity contribution is 7.81. The minimum atomic E-state index is -0.730. The number of primary amides is 1. The highest BCUT2D eigenvalue weighted by Gasteiger charge is 2.21. The van der Waals surface area contributed by atoms with E-state index >= 15 is 0 Å². The fraction of sp³-hybridized carbons (Fsp3) is 0.571. The van der Waals surface area contributed by atoms with Gasteiger partial charge in [-0.1, -0.05) is 13.8 Å². The lowest BCUT2D eigenvalue weighted by atomic mass is 10.0. The average molecular weight is 374 g/mol. The third kappa shape index (κ3) is 7.64. The molecule has 10 heteroatoms. The van der Waals surface area contributed by atoms with E-state index in [0.29, 0.717) is 17.2 Å². The van der Waals surface area contributed by atoms with Gasteiger partial charge in [0.2, 0.25) is 17.7 Å². The molecule has 1 aromatic rings. The topological polar surface area (TPSA) is 140 Å². The van der Waals surface area contributed by atoms with Crippen LogP contribution in [-0.2, 0) is 20.8 Å². The number of rotatable bonds is 9. The van der Waals surface area contributed by atoms with E-state index < -0.39 is 23.2 Å². The second kappa shape index (κ2) is 9.48. The van der Waals surface area contributed by atoms with Crippen molar-refractivity contribution < 1.29 is 14.4 Å². The van der Waals surface area contributed by atoms with Crippen molar-refractivity contribution in [2.45, 2.75) is 44.5 Å². The number of nitrogen functional groups attached to an aromatic ring is 1. The van der Waals surface area contributed by atoms with Crippen LogP contribution >= 0.6 is 24.0 Å². The fourth-order valence-corrected chi connectivity index (χ4v) is 2.88. The number of amides is 3. The van der Waals surface area contributed by atoms with Crippen molar-refractivity contribution in [2.24, 2.45) is 11.7 Å². The number of hydrogen-bond acceptors (Lipinski definition) is 7. The van der Waals surface area contributed by atoms with Crippen molar-refractivity contribution in [1.82, 2.24) is 15.6 Å². The Hall–Kier alpha value is -1.81. The standard InChI is InChI=1S/C14H23N5O3S2/c1-7(2)3-9(13(15)22)18-11(21)5-12(23)19-10(20)4-8-6-24-14(16)17-8/h6-7,9,12,23H,3-5H2,1-2H3,(H2,15,22)(H2,16,17)(H,18,21)(H,19,20). The van der Waals surface area contributed by atoms with Crippen LogP contribution in [0, 0.1) is 5.92 Å². The van der Waals surface area contributed by atoms with E-state index in [1.165, 1.54) is 11.3 Å². The molecule has 0 aliphatic rings. The summed E-state index contributed by atoms with van der Waals surface area (Å²) in [5, 5.41) is 6.55. The predicted molar refractivity (Wildman–Crippen MR) is 96.3 cm³/mol. The summed E-state index contributed by atoms with van der Waals surface area (Å²) in [5.41, 5.74) is 11.3. The Bertz CT molecular complexity index is 591. The van der Waals surface area contributed by atoms with Gasteiger partial charge in [0.1, 0.15) is 6.04 Å². The van der Waals surface area contributed by atoms with E-state index in [9.17, 15) is 14.4 Å². The monoisotopic (exact) mass is 373 g/mol. The summed E-state index contributed by atoms with van der Waals surface area (Å²) in [6.45, 7) is 3.85. The number of carbonyl (C=O) groups excluding carboxylic acids is 3. The summed E-state index contributed by atoms with van der Waals surface area (Å²) in [6, 6.07) is -0.730. The van der Waals surface area contributed by atoms with Crippen LogP contribution in [0.4, 0.5) is 5.13 Å². The zero-order valence-corrected chi connectivity index (χ0v) is 15.3. The second-order valence-corrected chi connectivity index (χ2v) is 7.31. The summed E-state index contributed by atoms with van der Waals surface area (Å²) in [5.74, 6) is -1.10. The minimum Gasteiger partial charge on any atom is -0.375 e. The maximum absolute atomic E-state index is 11.9. The summed E-state index contributed by atoms with van der Waals surface area (Å²) >= 11 is 5.42. The molecule has 0 spiro atoms. The molecule has 0 radical (unpaired) electrons. The quantitative estimate of drug-likeness (QED) is 0.307. The molecule has 0 saturated heterocycles. The molecule has 3 amide bonds. The zero-order chi connectivity index (χ0) is 18.3. The average Bonchev–Trinajstić information content (AvgIpc) is 2.81. The van der Waals surface area contributed by atoms with Crippen LogP contribution in [0.15, 0.2) is 5.38 Å². The number of anilines is 1. The van der Waals surface area contributed by atoms with E-state index in [-0.39, 0.29) is 24.7 Å². The molecule has 0 aromatic carbocycles. The molecule has 134 valence electrons. The SMILES string of the molecule is CC(C)CC(NC(=O)CC(S)NC(=O)Cc1csc(N)n1)C(N)=O. The number of thiazole rings is 1. The molecule has 24 heavy (non-hydrogen) atoms. The summed E-state index contributed by atoms with van der Waals surface area (Å²) in [7, 11) is 0. The van der Waals surface area contributed by atoms with Gasteiger partial charge in [0, 0.05) is 5.38 Å². The number of nitrogens with two attached hydrogens (primary N) is 2. The molecule has 0 saturated carbocycles. The molecule has 1 rings (SSSR count). The van der Waals surface area contributed by atoms with Crippen LogP contribution in [0.1, 0.15) is 32.4 Å². The first-order chi connectivity index (χ1) is 11.2. The van der Waals surface area contributed by atoms with Gasteiger partial charge in [-0.25, -0.2) is 4.98 Å². The number of carbonyl (C=O) groups is 3. The van der Waals surface area contributed by atoms with Crippen molar-refractivity contribution >= 4 is 46.8 Å². The normalized spacial score (nSPS) is 13.3. The van der Waals surface area contributed by atoms with Gasteiger partial charge >= 0.3 is 0 Å². The second-order valence-electron chi connectivity index (χ2n) is 5.79. The van der Waals surface area contributed by atoms with Crippen LogP contribution in [0.25, 0.3) is 0 Å². The van der Waals surface area contributed by atoms with E-state index in [1.807, 2.05) is 13.8 Å². The molecule has 0 bridgehead atoms. The number of nitrogens with one attached hydrogen (secondary N) is 2. The Morgan fingerprint density at radius 3 is 2.46 bits per heavy atom. The Kier molecular flexibility index (Phi) is 7.99. The Balaban J connectivity index is 2.42. The molecule has 8 nitrogen and oxygen atoms in total. The molecular weight excluding hydrogens is 350 g/mol. The van der Waals surface area contributed by atoms with E-state index in [2.05, 4.69) is 28.2 Å². The van der Waals surface area contributed by atoms with Gasteiger partial charge in [0.15, 0.2) is 5.13 Å². The van der Waals surface area contributed by atoms with Crippen LogP contribution in [-0.4, -0.2) is 34.1 Å². The maximum atomic E-state index is 11.9. The summed E-state index contributed by atoms with van der Waals surface area (Å²) < 4.78 is 0. The first kappa shape index (κ1) is 20.2. The number of nitrogens with zero attached hydrogens (tertiary/aromatic N) is 1. The molecule has 0 aliphatic carbocycles. The molecule has 0 fully saturated rings. The highest BCUT2D eigenvalue weighted by Crippen LogP contribution is 2.11. The number of thiol groups is 1. The van der Waals surface area contributed by atoms with Gasteiger partial charge < -0.3 is 22.1 Å². The van der Waals surface area contributed by atoms with Gasteiger partial charge in [0.05, 0.1) is 23.9 Å². The van der Waals surface area contributed by atoms with Crippen LogP contribution in [0.5, 0.6) is 0 Å². The van der Waals surface area contributed by atoms with Gasteiger partial charge in [-0.2, -0.15) is 12.6 Å². The lowest BCUT2D eigenvalue weighted by molar-refractivity contribution is -0.128. The highest BCUT2D eigenvalue weighted by atomic mass is 32.1. The van der Waals surface area contributed by atoms with Gasteiger partial charge in [-0.05, 0) is 12.3 Å². The molecule has 6 N–H and O–H groups in total. The van der Waals surface area contributed by atoms with Gasteiger partial charge in [-0.15, -0.1) is 11.3 Å². The van der Waals surface area contributed by atoms with Crippen LogP contribution in [0.2, 0.25) is 0 Å². The van der Waals surface area contributed by atoms with Crippen molar-refractivity contribution in [2.75, 3.05) is 5.73 Å². The van der Waals surface area contributed by atoms with Gasteiger partial charge in [-0.3, -0.25) is 14.4 Å². The number of aromatic nitrogens is 1. The van der Waals surface area contributed by atoms with Crippen molar-refractivity contribution in [3.05, 3.63) is 11.1 Å². The molecular formula is C14H23N5O3S2. The van der Waals surface area contributed by atoms with Crippen LogP contribution < -0.4 is 22.1 Å². The van der Waals surface area contributed by atoms with E-state index in [1.54, 1.807) is 5.38 Å². The summed E-state index contributed by atoms with van der Waals surface area (Å²) in [6.07, 6.45) is 0.440. The lowest BCUT2D eigenvalue weighted by Gasteiger charge is -2.19. The Morgan fingerprint density at radius 1 is 1.29 bits per heavy atom. The largest absolute Gasteiger partial charge is 0.375 e. The smallest absolute Gasteiger partial charge is 0.240 e. The van der Waals surface area contributed by atoms with Crippen LogP contribution in [0.3, 0.4) is 0 Å². The Morgan fingerprint density at radius 2 is 1.96 bits per heavy atom. The van der Waals surface area contributed by atoms with Crippen molar-refractivity contribution in [1.29, 1.82) is 0 Å². The van der Waals surface area contributed by atoms with Crippen molar-refractivity contribution in [3.63, 3.8) is 0 Å².